The summed E-state index contributed by atoms with van der Waals surface area (Å²) < 4.78 is 5.43. The zero-order chi connectivity index (χ0) is 12.4. The Kier molecular flexibility index (Phi) is 3.52. The largest absolute Gasteiger partial charge is 0.381 e. The number of benzene rings is 1. The first-order valence-corrected chi connectivity index (χ1v) is 6.95. The van der Waals surface area contributed by atoms with Gasteiger partial charge in [-0.1, -0.05) is 18.2 Å². The molecule has 1 fully saturated rings. The molecule has 1 N–H and O–H groups in total. The Morgan fingerprint density at radius 2 is 2.06 bits per heavy atom. The SMILES string of the molecule is CN(CC1Cc2ccccc2N1)C1CCOCC1. The van der Waals surface area contributed by atoms with Gasteiger partial charge in [0.2, 0.25) is 0 Å². The van der Waals surface area contributed by atoms with Crippen LogP contribution in [0.4, 0.5) is 5.69 Å². The third kappa shape index (κ3) is 2.52. The van der Waals surface area contributed by atoms with Crippen LogP contribution in [-0.4, -0.2) is 43.8 Å². The van der Waals surface area contributed by atoms with Crippen molar-refractivity contribution in [1.29, 1.82) is 0 Å². The predicted molar refractivity (Wildman–Crippen MR) is 74.0 cm³/mol. The number of nitrogens with zero attached hydrogens (tertiary/aromatic N) is 1. The Bertz CT molecular complexity index is 376. The quantitative estimate of drug-likeness (QED) is 0.884. The number of anilines is 1. The third-order valence-electron chi connectivity index (χ3n) is 4.17. The molecule has 3 heteroatoms. The third-order valence-corrected chi connectivity index (χ3v) is 4.17. The van der Waals surface area contributed by atoms with Crippen LogP contribution in [0.25, 0.3) is 0 Å². The van der Waals surface area contributed by atoms with Crippen molar-refractivity contribution in [1.82, 2.24) is 4.90 Å². The van der Waals surface area contributed by atoms with Crippen molar-refractivity contribution < 1.29 is 4.74 Å². The van der Waals surface area contributed by atoms with Crippen molar-refractivity contribution in [2.75, 3.05) is 32.1 Å². The van der Waals surface area contributed by atoms with E-state index < -0.39 is 0 Å². The molecule has 1 saturated heterocycles. The van der Waals surface area contributed by atoms with Crippen molar-refractivity contribution in [2.24, 2.45) is 0 Å². The molecule has 18 heavy (non-hydrogen) atoms. The second-order valence-corrected chi connectivity index (χ2v) is 5.49. The molecule has 3 rings (SSSR count). The molecule has 0 aromatic heterocycles. The molecule has 0 amide bonds. The van der Waals surface area contributed by atoms with Gasteiger partial charge in [0.1, 0.15) is 0 Å². The first kappa shape index (κ1) is 12.0. The van der Waals surface area contributed by atoms with E-state index in [0.717, 1.165) is 26.2 Å². The Morgan fingerprint density at radius 3 is 2.83 bits per heavy atom. The summed E-state index contributed by atoms with van der Waals surface area (Å²) in [5.41, 5.74) is 2.78. The number of para-hydroxylation sites is 1. The summed E-state index contributed by atoms with van der Waals surface area (Å²) in [6.07, 6.45) is 3.51. The molecular weight excluding hydrogens is 224 g/mol. The number of ether oxygens (including phenoxy) is 1. The van der Waals surface area contributed by atoms with Crippen LogP contribution in [0.1, 0.15) is 18.4 Å². The lowest BCUT2D eigenvalue weighted by molar-refractivity contribution is 0.0421. The zero-order valence-corrected chi connectivity index (χ0v) is 11.1. The highest BCUT2D eigenvalue weighted by Crippen LogP contribution is 2.26. The number of hydrogen-bond donors (Lipinski definition) is 1. The number of likely N-dealkylation sites (N-methyl/N-ethyl adjacent to an activating group) is 1. The minimum Gasteiger partial charge on any atom is -0.381 e. The van der Waals surface area contributed by atoms with Gasteiger partial charge in [0.15, 0.2) is 0 Å². The van der Waals surface area contributed by atoms with E-state index >= 15 is 0 Å². The standard InChI is InChI=1S/C15H22N2O/c1-17(14-6-8-18-9-7-14)11-13-10-12-4-2-3-5-15(12)16-13/h2-5,13-14,16H,6-11H2,1H3. The molecule has 0 radical (unpaired) electrons. The Morgan fingerprint density at radius 1 is 1.28 bits per heavy atom. The van der Waals surface area contributed by atoms with E-state index in [0.29, 0.717) is 12.1 Å². The Hall–Kier alpha value is -1.06. The van der Waals surface area contributed by atoms with Crippen LogP contribution in [-0.2, 0) is 11.2 Å². The van der Waals surface area contributed by atoms with Crippen LogP contribution >= 0.6 is 0 Å². The van der Waals surface area contributed by atoms with Gasteiger partial charge in [0.05, 0.1) is 0 Å². The van der Waals surface area contributed by atoms with Gasteiger partial charge >= 0.3 is 0 Å². The van der Waals surface area contributed by atoms with E-state index in [1.807, 2.05) is 0 Å². The van der Waals surface area contributed by atoms with Crippen molar-refractivity contribution >= 4 is 5.69 Å². The lowest BCUT2D eigenvalue weighted by Crippen LogP contribution is -2.42. The molecule has 2 heterocycles. The predicted octanol–water partition coefficient (Wildman–Crippen LogP) is 2.13. The van der Waals surface area contributed by atoms with Crippen LogP contribution in [0, 0.1) is 0 Å². The topological polar surface area (TPSA) is 24.5 Å². The fraction of sp³-hybridized carbons (Fsp3) is 0.600. The molecule has 98 valence electrons. The number of fused-ring (bicyclic) bond motifs is 1. The molecule has 1 aromatic rings. The first-order chi connectivity index (χ1) is 8.83. The van der Waals surface area contributed by atoms with Crippen molar-refractivity contribution in [3.8, 4) is 0 Å². The van der Waals surface area contributed by atoms with Crippen LogP contribution in [0.3, 0.4) is 0 Å². The Labute approximate surface area is 109 Å². The van der Waals surface area contributed by atoms with Crippen LogP contribution in [0.5, 0.6) is 0 Å². The summed E-state index contributed by atoms with van der Waals surface area (Å²) >= 11 is 0. The molecule has 1 aromatic carbocycles. The van der Waals surface area contributed by atoms with Crippen molar-refractivity contribution in [3.05, 3.63) is 29.8 Å². The maximum atomic E-state index is 5.43. The van der Waals surface area contributed by atoms with Gasteiger partial charge < -0.3 is 15.0 Å². The molecule has 2 aliphatic rings. The van der Waals surface area contributed by atoms with Gasteiger partial charge in [-0.25, -0.2) is 0 Å². The smallest absolute Gasteiger partial charge is 0.0480 e. The Balaban J connectivity index is 1.55. The zero-order valence-electron chi connectivity index (χ0n) is 11.1. The van der Waals surface area contributed by atoms with Gasteiger partial charge in [-0.15, -0.1) is 0 Å². The maximum Gasteiger partial charge on any atom is 0.0480 e. The normalized spacial score (nSPS) is 24.0. The van der Waals surface area contributed by atoms with E-state index in [1.54, 1.807) is 0 Å². The molecule has 0 bridgehead atoms. The molecule has 1 unspecified atom stereocenters. The molecule has 2 aliphatic heterocycles. The lowest BCUT2D eigenvalue weighted by Gasteiger charge is -2.32. The lowest BCUT2D eigenvalue weighted by atomic mass is 10.1. The number of nitrogens with one attached hydrogen (secondary N) is 1. The summed E-state index contributed by atoms with van der Waals surface area (Å²) in [7, 11) is 2.25. The first-order valence-electron chi connectivity index (χ1n) is 6.95. The van der Waals surface area contributed by atoms with E-state index in [9.17, 15) is 0 Å². The van der Waals surface area contributed by atoms with Crippen molar-refractivity contribution in [3.63, 3.8) is 0 Å². The molecule has 0 saturated carbocycles. The second-order valence-electron chi connectivity index (χ2n) is 5.49. The fourth-order valence-corrected chi connectivity index (χ4v) is 3.11. The van der Waals surface area contributed by atoms with Gasteiger partial charge in [-0.05, 0) is 37.9 Å². The average Bonchev–Trinajstić information content (AvgIpc) is 2.82. The minimum absolute atomic E-state index is 0.565. The summed E-state index contributed by atoms with van der Waals surface area (Å²) in [5.74, 6) is 0. The van der Waals surface area contributed by atoms with Gasteiger partial charge in [0, 0.05) is 37.5 Å². The summed E-state index contributed by atoms with van der Waals surface area (Å²) in [5, 5.41) is 3.63. The minimum atomic E-state index is 0.565. The van der Waals surface area contributed by atoms with Gasteiger partial charge in [0.25, 0.3) is 0 Å². The van der Waals surface area contributed by atoms with Crippen LogP contribution in [0.2, 0.25) is 0 Å². The van der Waals surface area contributed by atoms with Gasteiger partial charge in [-0.3, -0.25) is 0 Å². The number of rotatable bonds is 3. The highest BCUT2D eigenvalue weighted by Gasteiger charge is 2.25. The molecule has 0 aliphatic carbocycles. The van der Waals surface area contributed by atoms with Crippen LogP contribution < -0.4 is 5.32 Å². The van der Waals surface area contributed by atoms with E-state index in [1.165, 1.54) is 24.1 Å². The summed E-state index contributed by atoms with van der Waals surface area (Å²) in [6.45, 7) is 2.97. The second kappa shape index (κ2) is 5.29. The molecule has 1 atom stereocenters. The van der Waals surface area contributed by atoms with Crippen LogP contribution in [0.15, 0.2) is 24.3 Å². The van der Waals surface area contributed by atoms with E-state index in [2.05, 4.69) is 41.5 Å². The van der Waals surface area contributed by atoms with E-state index in [4.69, 9.17) is 4.74 Å². The molecule has 0 spiro atoms. The molecular formula is C15H22N2O. The average molecular weight is 246 g/mol. The number of hydrogen-bond acceptors (Lipinski definition) is 3. The molecule has 3 nitrogen and oxygen atoms in total. The maximum absolute atomic E-state index is 5.43. The highest BCUT2D eigenvalue weighted by atomic mass is 16.5. The van der Waals surface area contributed by atoms with Crippen molar-refractivity contribution in [2.45, 2.75) is 31.3 Å². The monoisotopic (exact) mass is 246 g/mol. The highest BCUT2D eigenvalue weighted by molar-refractivity contribution is 5.56. The summed E-state index contributed by atoms with van der Waals surface area (Å²) in [4.78, 5) is 2.51. The van der Waals surface area contributed by atoms with E-state index in [-0.39, 0.29) is 0 Å². The van der Waals surface area contributed by atoms with Gasteiger partial charge in [-0.2, -0.15) is 0 Å². The fourth-order valence-electron chi connectivity index (χ4n) is 3.11. The summed E-state index contributed by atoms with van der Waals surface area (Å²) in [6, 6.07) is 9.92.